The Morgan fingerprint density at radius 3 is 2.85 bits per heavy atom. The van der Waals surface area contributed by atoms with Gasteiger partial charge in [0, 0.05) is 13.0 Å². The van der Waals surface area contributed by atoms with Crippen molar-refractivity contribution >= 4 is 23.5 Å². The predicted molar refractivity (Wildman–Crippen MR) is 49.8 cm³/mol. The van der Waals surface area contributed by atoms with Crippen LogP contribution >= 0.6 is 11.8 Å². The van der Waals surface area contributed by atoms with Crippen molar-refractivity contribution in [3.8, 4) is 5.88 Å². The van der Waals surface area contributed by atoms with Crippen molar-refractivity contribution in [1.82, 2.24) is 9.97 Å². The van der Waals surface area contributed by atoms with Gasteiger partial charge in [0.2, 0.25) is 11.8 Å². The second kappa shape index (κ2) is 4.08. The number of hydrogen-bond acceptors (Lipinski definition) is 5. The zero-order chi connectivity index (χ0) is 9.84. The van der Waals surface area contributed by atoms with E-state index in [1.165, 1.54) is 24.8 Å². The Kier molecular flexibility index (Phi) is 3.07. The van der Waals surface area contributed by atoms with Crippen LogP contribution in [0.4, 0.5) is 5.82 Å². The van der Waals surface area contributed by atoms with Crippen LogP contribution in [0.25, 0.3) is 0 Å². The fourth-order valence-electron chi connectivity index (χ4n) is 0.749. The van der Waals surface area contributed by atoms with Crippen LogP contribution in [0.2, 0.25) is 0 Å². The van der Waals surface area contributed by atoms with E-state index in [0.29, 0.717) is 11.0 Å². The molecule has 0 atom stereocenters. The molecule has 1 aromatic rings. The summed E-state index contributed by atoms with van der Waals surface area (Å²) < 4.78 is 0. The zero-order valence-corrected chi connectivity index (χ0v) is 8.05. The van der Waals surface area contributed by atoms with Gasteiger partial charge in [-0.25, -0.2) is 4.98 Å². The molecule has 0 spiro atoms. The number of aromatic hydroxyl groups is 1. The second-order valence-electron chi connectivity index (χ2n) is 2.28. The second-order valence-corrected chi connectivity index (χ2v) is 3.05. The van der Waals surface area contributed by atoms with Gasteiger partial charge >= 0.3 is 0 Å². The van der Waals surface area contributed by atoms with Gasteiger partial charge < -0.3 is 10.4 Å². The van der Waals surface area contributed by atoms with Crippen molar-refractivity contribution < 1.29 is 9.90 Å². The van der Waals surface area contributed by atoms with Gasteiger partial charge in [-0.15, -0.1) is 0 Å². The summed E-state index contributed by atoms with van der Waals surface area (Å²) in [5, 5.41) is 12.0. The Bertz CT molecular complexity index is 330. The lowest BCUT2D eigenvalue weighted by molar-refractivity contribution is -0.114. The molecule has 0 aromatic carbocycles. The molecule has 2 N–H and O–H groups in total. The highest BCUT2D eigenvalue weighted by molar-refractivity contribution is 7.98. The predicted octanol–water partition coefficient (Wildman–Crippen LogP) is 0.862. The maximum Gasteiger partial charge on any atom is 0.222 e. The van der Waals surface area contributed by atoms with E-state index in [0.717, 1.165) is 0 Å². The highest BCUT2D eigenvalue weighted by Gasteiger charge is 2.03. The van der Waals surface area contributed by atoms with Gasteiger partial charge in [0.25, 0.3) is 0 Å². The molecule has 0 aliphatic heterocycles. The van der Waals surface area contributed by atoms with Crippen LogP contribution in [0.5, 0.6) is 5.88 Å². The average Bonchev–Trinajstić information content (AvgIpc) is 2.01. The number of carbonyl (C=O) groups excluding carboxylic acids is 1. The fraction of sp³-hybridized carbons (Fsp3) is 0.286. The Balaban J connectivity index is 2.94. The van der Waals surface area contributed by atoms with Gasteiger partial charge in [0.1, 0.15) is 5.82 Å². The van der Waals surface area contributed by atoms with Gasteiger partial charge in [-0.05, 0) is 6.26 Å². The normalized spacial score (nSPS) is 9.69. The first kappa shape index (κ1) is 9.79. The van der Waals surface area contributed by atoms with Gasteiger partial charge in [-0.1, -0.05) is 11.8 Å². The Morgan fingerprint density at radius 2 is 2.31 bits per heavy atom. The lowest BCUT2D eigenvalue weighted by Crippen LogP contribution is -2.07. The third kappa shape index (κ3) is 2.90. The molecule has 0 saturated heterocycles. The molecule has 5 nitrogen and oxygen atoms in total. The van der Waals surface area contributed by atoms with Crippen molar-refractivity contribution in [2.45, 2.75) is 12.1 Å². The molecule has 1 aromatic heterocycles. The summed E-state index contributed by atoms with van der Waals surface area (Å²) in [5.74, 6) is -0.0717. The maximum absolute atomic E-state index is 10.7. The van der Waals surface area contributed by atoms with Crippen LogP contribution < -0.4 is 5.32 Å². The van der Waals surface area contributed by atoms with E-state index in [1.54, 1.807) is 6.26 Å². The first-order valence-electron chi connectivity index (χ1n) is 3.51. The number of hydrogen-bond donors (Lipinski definition) is 2. The SMILES string of the molecule is CSc1nc(O)cc(NC(C)=O)n1. The molecule has 0 bridgehead atoms. The smallest absolute Gasteiger partial charge is 0.222 e. The van der Waals surface area contributed by atoms with Gasteiger partial charge in [-0.2, -0.15) is 4.98 Å². The third-order valence-electron chi connectivity index (χ3n) is 1.18. The molecule has 1 heterocycles. The maximum atomic E-state index is 10.7. The van der Waals surface area contributed by atoms with Crippen molar-refractivity contribution in [1.29, 1.82) is 0 Å². The van der Waals surface area contributed by atoms with Crippen LogP contribution in [0, 0.1) is 0 Å². The van der Waals surface area contributed by atoms with E-state index in [-0.39, 0.29) is 11.8 Å². The number of thioether (sulfide) groups is 1. The molecule has 13 heavy (non-hydrogen) atoms. The molecule has 1 rings (SSSR count). The molecular weight excluding hydrogens is 190 g/mol. The van der Waals surface area contributed by atoms with E-state index in [4.69, 9.17) is 5.11 Å². The average molecular weight is 199 g/mol. The molecule has 70 valence electrons. The molecular formula is C7H9N3O2S. The number of nitrogens with zero attached hydrogens (tertiary/aromatic N) is 2. The van der Waals surface area contributed by atoms with Gasteiger partial charge in [-0.3, -0.25) is 4.79 Å². The van der Waals surface area contributed by atoms with Crippen LogP contribution in [0.1, 0.15) is 6.92 Å². The number of anilines is 1. The van der Waals surface area contributed by atoms with E-state index in [1.807, 2.05) is 0 Å². The summed E-state index contributed by atoms with van der Waals surface area (Å²) >= 11 is 1.29. The van der Waals surface area contributed by atoms with E-state index in [2.05, 4.69) is 15.3 Å². The zero-order valence-electron chi connectivity index (χ0n) is 7.24. The van der Waals surface area contributed by atoms with E-state index >= 15 is 0 Å². The highest BCUT2D eigenvalue weighted by Crippen LogP contribution is 2.17. The Hall–Kier alpha value is -1.30. The largest absolute Gasteiger partial charge is 0.493 e. The number of amides is 1. The fourth-order valence-corrected chi connectivity index (χ4v) is 1.12. The molecule has 0 aliphatic rings. The third-order valence-corrected chi connectivity index (χ3v) is 1.73. The first-order valence-corrected chi connectivity index (χ1v) is 4.74. The van der Waals surface area contributed by atoms with Crippen LogP contribution in [0.3, 0.4) is 0 Å². The topological polar surface area (TPSA) is 75.1 Å². The molecule has 0 fully saturated rings. The minimum absolute atomic E-state index is 0.150. The lowest BCUT2D eigenvalue weighted by Gasteiger charge is -2.02. The Labute approximate surface area is 79.6 Å². The quantitative estimate of drug-likeness (QED) is 0.546. The minimum Gasteiger partial charge on any atom is -0.493 e. The summed E-state index contributed by atoms with van der Waals surface area (Å²) in [7, 11) is 0. The summed E-state index contributed by atoms with van der Waals surface area (Å²) in [6.07, 6.45) is 1.78. The molecule has 6 heteroatoms. The van der Waals surface area contributed by atoms with E-state index in [9.17, 15) is 4.79 Å². The monoisotopic (exact) mass is 199 g/mol. The van der Waals surface area contributed by atoms with Crippen molar-refractivity contribution in [3.63, 3.8) is 0 Å². The molecule has 0 saturated carbocycles. The summed E-state index contributed by atoms with van der Waals surface area (Å²) in [4.78, 5) is 18.3. The molecule has 0 aliphatic carbocycles. The number of carbonyl (C=O) groups is 1. The number of rotatable bonds is 2. The van der Waals surface area contributed by atoms with Crippen molar-refractivity contribution in [2.24, 2.45) is 0 Å². The van der Waals surface area contributed by atoms with Crippen LogP contribution in [-0.2, 0) is 4.79 Å². The summed E-state index contributed by atoms with van der Waals surface area (Å²) in [5.41, 5.74) is 0. The van der Waals surface area contributed by atoms with Gasteiger partial charge in [0.05, 0.1) is 0 Å². The first-order chi connectivity index (χ1) is 6.11. The van der Waals surface area contributed by atoms with Gasteiger partial charge in [0.15, 0.2) is 5.16 Å². The lowest BCUT2D eigenvalue weighted by atomic mass is 10.5. The van der Waals surface area contributed by atoms with Crippen LogP contribution in [-0.4, -0.2) is 27.2 Å². The van der Waals surface area contributed by atoms with Crippen LogP contribution in [0.15, 0.2) is 11.2 Å². The summed E-state index contributed by atoms with van der Waals surface area (Å²) in [6.45, 7) is 1.37. The number of aromatic nitrogens is 2. The summed E-state index contributed by atoms with van der Waals surface area (Å²) in [6, 6.07) is 1.29. The van der Waals surface area contributed by atoms with Crippen molar-refractivity contribution in [2.75, 3.05) is 11.6 Å². The molecule has 0 radical (unpaired) electrons. The Morgan fingerprint density at radius 1 is 1.62 bits per heavy atom. The molecule has 1 amide bonds. The van der Waals surface area contributed by atoms with Crippen molar-refractivity contribution in [3.05, 3.63) is 6.07 Å². The van der Waals surface area contributed by atoms with E-state index < -0.39 is 0 Å². The molecule has 0 unspecified atom stereocenters. The standard InChI is InChI=1S/C7H9N3O2S/c1-4(11)8-5-3-6(12)10-7(9-5)13-2/h3H,1-2H3,(H2,8,9,10,11,12). The number of nitrogens with one attached hydrogen (secondary N) is 1. The minimum atomic E-state index is -0.231. The highest BCUT2D eigenvalue weighted by atomic mass is 32.2.